The van der Waals surface area contributed by atoms with Gasteiger partial charge in [0.05, 0.1) is 12.8 Å². The Bertz CT molecular complexity index is 701. The fourth-order valence-corrected chi connectivity index (χ4v) is 2.94. The lowest BCUT2D eigenvalue weighted by atomic mass is 10.0. The fourth-order valence-electron chi connectivity index (χ4n) is 2.94. The van der Waals surface area contributed by atoms with Gasteiger partial charge >= 0.3 is 5.97 Å². The van der Waals surface area contributed by atoms with Crippen molar-refractivity contribution in [2.45, 2.75) is 33.9 Å². The van der Waals surface area contributed by atoms with Gasteiger partial charge in [0.25, 0.3) is 0 Å². The number of nitrogens with zero attached hydrogens (tertiary/aromatic N) is 3. The third-order valence-corrected chi connectivity index (χ3v) is 3.95. The zero-order valence-electron chi connectivity index (χ0n) is 15.7. The van der Waals surface area contributed by atoms with E-state index < -0.39 is 0 Å². The molecule has 0 unspecified atom stereocenters. The lowest BCUT2D eigenvalue weighted by Gasteiger charge is -2.22. The van der Waals surface area contributed by atoms with Crippen molar-refractivity contribution >= 4 is 5.97 Å². The van der Waals surface area contributed by atoms with Crippen LogP contribution in [-0.2, 0) is 29.7 Å². The summed E-state index contributed by atoms with van der Waals surface area (Å²) in [7, 11) is 3.63. The molecule has 0 amide bonds. The van der Waals surface area contributed by atoms with Gasteiger partial charge in [0.15, 0.2) is 0 Å². The van der Waals surface area contributed by atoms with E-state index in [1.165, 1.54) is 18.1 Å². The fraction of sp³-hybridized carbons (Fsp3) is 0.474. The molecule has 0 saturated heterocycles. The predicted octanol–water partition coefficient (Wildman–Crippen LogP) is 2.61. The molecule has 6 heteroatoms. The van der Waals surface area contributed by atoms with Gasteiger partial charge in [0.1, 0.15) is 5.75 Å². The van der Waals surface area contributed by atoms with Gasteiger partial charge in [-0.1, -0.05) is 12.1 Å². The van der Waals surface area contributed by atoms with Crippen molar-refractivity contribution in [3.63, 3.8) is 0 Å². The minimum absolute atomic E-state index is 0.294. The number of hydrogen-bond acceptors (Lipinski definition) is 5. The second-order valence-corrected chi connectivity index (χ2v) is 6.38. The molecule has 1 aromatic carbocycles. The van der Waals surface area contributed by atoms with Crippen LogP contribution in [0.3, 0.4) is 0 Å². The summed E-state index contributed by atoms with van der Waals surface area (Å²) in [5.74, 6) is 0.365. The molecule has 0 fully saturated rings. The number of aryl methyl sites for hydroxylation is 3. The maximum Gasteiger partial charge on any atom is 0.308 e. The van der Waals surface area contributed by atoms with Crippen molar-refractivity contribution in [3.05, 3.63) is 46.8 Å². The summed E-state index contributed by atoms with van der Waals surface area (Å²) in [5, 5.41) is 4.23. The van der Waals surface area contributed by atoms with Crippen LogP contribution in [0.1, 0.15) is 29.2 Å². The second kappa shape index (κ2) is 8.78. The quantitative estimate of drug-likeness (QED) is 0.544. The monoisotopic (exact) mass is 345 g/mol. The predicted molar refractivity (Wildman–Crippen MR) is 96.4 cm³/mol. The largest absolute Gasteiger partial charge is 0.426 e. The second-order valence-electron chi connectivity index (χ2n) is 6.38. The molecule has 0 aliphatic heterocycles. The maximum absolute atomic E-state index is 11.3. The molecule has 2 rings (SSSR count). The summed E-state index contributed by atoms with van der Waals surface area (Å²) < 4.78 is 12.4. The van der Waals surface area contributed by atoms with Gasteiger partial charge in [-0.25, -0.2) is 0 Å². The highest BCUT2D eigenvalue weighted by atomic mass is 16.5. The highest BCUT2D eigenvalue weighted by molar-refractivity contribution is 5.70. The zero-order valence-corrected chi connectivity index (χ0v) is 15.7. The van der Waals surface area contributed by atoms with Crippen LogP contribution >= 0.6 is 0 Å². The molecular weight excluding hydrogens is 318 g/mol. The standard InChI is InChI=1S/C19H27N3O3/c1-14-8-17(9-15(2)19(14)25-16(3)23)12-22(6-7-24-5)13-18-10-20-21(4)11-18/h8-11H,6-7,12-13H2,1-5H3. The number of methoxy groups -OCH3 is 1. The molecule has 1 aromatic heterocycles. The zero-order chi connectivity index (χ0) is 18.4. The number of carbonyl (C=O) groups excluding carboxylic acids is 1. The van der Waals surface area contributed by atoms with E-state index >= 15 is 0 Å². The summed E-state index contributed by atoms with van der Waals surface area (Å²) in [6.45, 7) is 8.46. The van der Waals surface area contributed by atoms with Crippen LogP contribution in [0.25, 0.3) is 0 Å². The van der Waals surface area contributed by atoms with Crippen molar-refractivity contribution in [1.29, 1.82) is 0 Å². The number of rotatable bonds is 8. The highest BCUT2D eigenvalue weighted by Crippen LogP contribution is 2.26. The molecule has 0 aliphatic rings. The Labute approximate surface area is 149 Å². The third-order valence-electron chi connectivity index (χ3n) is 3.95. The summed E-state index contributed by atoms with van der Waals surface area (Å²) in [6.07, 6.45) is 3.92. The van der Waals surface area contributed by atoms with Crippen LogP contribution in [0.15, 0.2) is 24.5 Å². The van der Waals surface area contributed by atoms with Crippen molar-refractivity contribution in [1.82, 2.24) is 14.7 Å². The minimum atomic E-state index is -0.294. The first-order chi connectivity index (χ1) is 11.9. The van der Waals surface area contributed by atoms with Gasteiger partial charge in [-0.2, -0.15) is 5.10 Å². The first-order valence-electron chi connectivity index (χ1n) is 8.36. The topological polar surface area (TPSA) is 56.6 Å². The van der Waals surface area contributed by atoms with E-state index in [2.05, 4.69) is 22.1 Å². The summed E-state index contributed by atoms with van der Waals surface area (Å²) in [6, 6.07) is 4.16. The summed E-state index contributed by atoms with van der Waals surface area (Å²) >= 11 is 0. The molecule has 0 aliphatic carbocycles. The van der Waals surface area contributed by atoms with Crippen LogP contribution in [0, 0.1) is 13.8 Å². The molecule has 2 aromatic rings. The molecule has 0 radical (unpaired) electrons. The average Bonchev–Trinajstić information content (AvgIpc) is 2.93. The van der Waals surface area contributed by atoms with Crippen LogP contribution in [0.5, 0.6) is 5.75 Å². The Balaban J connectivity index is 2.15. The molecule has 136 valence electrons. The minimum Gasteiger partial charge on any atom is -0.426 e. The maximum atomic E-state index is 11.3. The summed E-state index contributed by atoms with van der Waals surface area (Å²) in [4.78, 5) is 13.6. The van der Waals surface area contributed by atoms with Crippen LogP contribution in [0.2, 0.25) is 0 Å². The molecule has 0 spiro atoms. The Hall–Kier alpha value is -2.18. The SMILES string of the molecule is COCCN(Cc1cc(C)c(OC(C)=O)c(C)c1)Cc1cnn(C)c1. The Kier molecular flexibility index (Phi) is 6.73. The van der Waals surface area contributed by atoms with Crippen molar-refractivity contribution < 1.29 is 14.3 Å². The molecule has 0 bridgehead atoms. The van der Waals surface area contributed by atoms with Gasteiger partial charge in [-0.3, -0.25) is 14.4 Å². The van der Waals surface area contributed by atoms with Gasteiger partial charge in [-0.05, 0) is 30.5 Å². The number of esters is 1. The third kappa shape index (κ3) is 5.69. The molecular formula is C19H27N3O3. The van der Waals surface area contributed by atoms with E-state index in [1.807, 2.05) is 38.0 Å². The Morgan fingerprint density at radius 3 is 2.36 bits per heavy atom. The number of ether oxygens (including phenoxy) is 2. The van der Waals surface area contributed by atoms with E-state index in [9.17, 15) is 4.79 Å². The van der Waals surface area contributed by atoms with Crippen molar-refractivity contribution in [2.75, 3.05) is 20.3 Å². The average molecular weight is 345 g/mol. The van der Waals surface area contributed by atoms with Crippen molar-refractivity contribution in [2.24, 2.45) is 7.05 Å². The smallest absolute Gasteiger partial charge is 0.308 e. The normalized spacial score (nSPS) is 11.1. The highest BCUT2D eigenvalue weighted by Gasteiger charge is 2.13. The number of aromatic nitrogens is 2. The Morgan fingerprint density at radius 2 is 1.84 bits per heavy atom. The van der Waals surface area contributed by atoms with Crippen LogP contribution in [-0.4, -0.2) is 40.9 Å². The first-order valence-corrected chi connectivity index (χ1v) is 8.36. The molecule has 0 N–H and O–H groups in total. The van der Waals surface area contributed by atoms with Crippen molar-refractivity contribution in [3.8, 4) is 5.75 Å². The number of benzene rings is 1. The van der Waals surface area contributed by atoms with Gasteiger partial charge in [-0.15, -0.1) is 0 Å². The lowest BCUT2D eigenvalue weighted by molar-refractivity contribution is -0.131. The molecule has 0 saturated carbocycles. The molecule has 0 atom stereocenters. The van der Waals surface area contributed by atoms with Crippen LogP contribution in [0.4, 0.5) is 0 Å². The number of carbonyl (C=O) groups is 1. The van der Waals surface area contributed by atoms with Gasteiger partial charge in [0.2, 0.25) is 0 Å². The van der Waals surface area contributed by atoms with Crippen LogP contribution < -0.4 is 4.74 Å². The van der Waals surface area contributed by atoms with E-state index in [1.54, 1.807) is 7.11 Å². The molecule has 6 nitrogen and oxygen atoms in total. The Morgan fingerprint density at radius 1 is 1.20 bits per heavy atom. The van der Waals surface area contributed by atoms with E-state index in [0.717, 1.165) is 30.8 Å². The van der Waals surface area contributed by atoms with E-state index in [-0.39, 0.29) is 5.97 Å². The summed E-state index contributed by atoms with van der Waals surface area (Å²) in [5.41, 5.74) is 4.30. The molecule has 25 heavy (non-hydrogen) atoms. The van der Waals surface area contributed by atoms with Gasteiger partial charge < -0.3 is 9.47 Å². The number of hydrogen-bond donors (Lipinski definition) is 0. The van der Waals surface area contributed by atoms with E-state index in [4.69, 9.17) is 9.47 Å². The molecule has 1 heterocycles. The van der Waals surface area contributed by atoms with E-state index in [0.29, 0.717) is 12.4 Å². The lowest BCUT2D eigenvalue weighted by Crippen LogP contribution is -2.26. The van der Waals surface area contributed by atoms with Gasteiger partial charge in [0, 0.05) is 52.5 Å². The first kappa shape index (κ1) is 19.1.